The van der Waals surface area contributed by atoms with E-state index in [1.807, 2.05) is 0 Å². The van der Waals surface area contributed by atoms with Crippen LogP contribution >= 0.6 is 34.5 Å². The Morgan fingerprint density at radius 1 is 1.06 bits per heavy atom. The molecule has 1 aromatic carbocycles. The Morgan fingerprint density at radius 3 is 2.28 bits per heavy atom. The number of nitrogens with one attached hydrogen (secondary N) is 2. The summed E-state index contributed by atoms with van der Waals surface area (Å²) in [4.78, 5) is 35.6. The van der Waals surface area contributed by atoms with Crippen molar-refractivity contribution >= 4 is 52.3 Å². The highest BCUT2D eigenvalue weighted by atomic mass is 35.5. The van der Waals surface area contributed by atoms with E-state index in [0.717, 1.165) is 17.4 Å². The summed E-state index contributed by atoms with van der Waals surface area (Å²) in [6, 6.07) is 5.44. The molecule has 1 aromatic heterocycles. The summed E-state index contributed by atoms with van der Waals surface area (Å²) < 4.78 is 20.5. The molecule has 0 bridgehead atoms. The minimum absolute atomic E-state index is 0.0991. The van der Waals surface area contributed by atoms with Crippen molar-refractivity contribution in [2.75, 3.05) is 13.1 Å². The summed E-state index contributed by atoms with van der Waals surface area (Å²) in [5.74, 6) is -2.59. The Morgan fingerprint density at radius 2 is 1.72 bits per heavy atom. The van der Waals surface area contributed by atoms with Gasteiger partial charge in [0.05, 0.1) is 27.5 Å². The third kappa shape index (κ3) is 6.34. The molecule has 1 saturated carbocycles. The van der Waals surface area contributed by atoms with Crippen molar-refractivity contribution in [3.63, 3.8) is 0 Å². The monoisotopic (exact) mass is 502 g/mol. The molecule has 2 amide bonds. The molecule has 0 spiro atoms. The normalized spacial score (nSPS) is 18.1. The number of aliphatic carboxylic acids is 1. The third-order valence-electron chi connectivity index (χ3n) is 5.08. The lowest BCUT2D eigenvalue weighted by Crippen LogP contribution is -2.34. The summed E-state index contributed by atoms with van der Waals surface area (Å²) in [6.45, 7) is 0.238. The zero-order valence-electron chi connectivity index (χ0n) is 16.8. The molecule has 1 aliphatic carbocycles. The topological polar surface area (TPSA) is 105 Å². The molecule has 32 heavy (non-hydrogen) atoms. The lowest BCUT2D eigenvalue weighted by Gasteiger charge is -2.26. The van der Waals surface area contributed by atoms with E-state index in [2.05, 4.69) is 10.6 Å². The van der Waals surface area contributed by atoms with Gasteiger partial charge in [0, 0.05) is 19.2 Å². The molecule has 0 unspecified atom stereocenters. The average molecular weight is 503 g/mol. The standard InChI is InChI=1S/C21H21Cl2FN2O5S/c22-15-10-17(32-18(15)23)20(28)26-8-7-25-19(27)14-6-5-13(9-16(14)24)31-12-3-1-11(2-4-12)21(29)30/h5-6,9-12H,1-4,7-8H2,(H,25,27)(H,26,28)(H,29,30). The van der Waals surface area contributed by atoms with Crippen molar-refractivity contribution in [2.24, 2.45) is 5.92 Å². The van der Waals surface area contributed by atoms with E-state index < -0.39 is 17.7 Å². The predicted octanol–water partition coefficient (Wildman–Crippen LogP) is 4.38. The van der Waals surface area contributed by atoms with Crippen LogP contribution in [0.4, 0.5) is 4.39 Å². The summed E-state index contributed by atoms with van der Waals surface area (Å²) in [7, 11) is 0. The predicted molar refractivity (Wildman–Crippen MR) is 119 cm³/mol. The van der Waals surface area contributed by atoms with Crippen molar-refractivity contribution < 1.29 is 28.6 Å². The van der Waals surface area contributed by atoms with Crippen LogP contribution in [0.2, 0.25) is 9.36 Å². The summed E-state index contributed by atoms with van der Waals surface area (Å²) in [5, 5.41) is 14.5. The number of amides is 2. The molecule has 0 saturated heterocycles. The van der Waals surface area contributed by atoms with E-state index in [1.54, 1.807) is 0 Å². The molecule has 172 valence electrons. The Kier molecular flexibility index (Phi) is 8.33. The van der Waals surface area contributed by atoms with Gasteiger partial charge in [0.1, 0.15) is 15.9 Å². The number of carbonyl (C=O) groups excluding carboxylic acids is 2. The van der Waals surface area contributed by atoms with Gasteiger partial charge in [0.15, 0.2) is 0 Å². The van der Waals surface area contributed by atoms with Gasteiger partial charge in [-0.15, -0.1) is 11.3 Å². The van der Waals surface area contributed by atoms with Gasteiger partial charge < -0.3 is 20.5 Å². The molecular weight excluding hydrogens is 482 g/mol. The Hall–Kier alpha value is -2.36. The maximum absolute atomic E-state index is 14.4. The smallest absolute Gasteiger partial charge is 0.306 e. The number of carboxylic acid groups (broad SMARTS) is 1. The third-order valence-corrected chi connectivity index (χ3v) is 6.94. The first-order chi connectivity index (χ1) is 15.2. The van der Waals surface area contributed by atoms with Crippen molar-refractivity contribution in [2.45, 2.75) is 31.8 Å². The molecule has 2 aromatic rings. The van der Waals surface area contributed by atoms with Crippen LogP contribution in [0.3, 0.4) is 0 Å². The highest BCUT2D eigenvalue weighted by Crippen LogP contribution is 2.31. The second-order valence-corrected chi connectivity index (χ2v) is 9.38. The van der Waals surface area contributed by atoms with Gasteiger partial charge in [0.25, 0.3) is 11.8 Å². The largest absolute Gasteiger partial charge is 0.490 e. The first-order valence-electron chi connectivity index (χ1n) is 9.95. The summed E-state index contributed by atoms with van der Waals surface area (Å²) in [5.41, 5.74) is -0.143. The van der Waals surface area contributed by atoms with Crippen molar-refractivity contribution in [3.05, 3.63) is 49.9 Å². The fraction of sp³-hybridized carbons (Fsp3) is 0.381. The number of halogens is 3. The fourth-order valence-electron chi connectivity index (χ4n) is 3.37. The molecule has 1 aliphatic rings. The van der Waals surface area contributed by atoms with Gasteiger partial charge in [-0.25, -0.2) is 4.39 Å². The minimum atomic E-state index is -0.801. The molecular formula is C21H21Cl2FN2O5S. The van der Waals surface area contributed by atoms with E-state index in [1.165, 1.54) is 18.2 Å². The maximum Gasteiger partial charge on any atom is 0.306 e. The number of benzene rings is 1. The molecule has 7 nitrogen and oxygen atoms in total. The van der Waals surface area contributed by atoms with E-state index in [9.17, 15) is 18.8 Å². The zero-order chi connectivity index (χ0) is 23.3. The lowest BCUT2D eigenvalue weighted by atomic mass is 9.87. The van der Waals surface area contributed by atoms with Crippen LogP contribution in [0.5, 0.6) is 5.75 Å². The summed E-state index contributed by atoms with van der Waals surface area (Å²) >= 11 is 12.7. The highest BCUT2D eigenvalue weighted by molar-refractivity contribution is 7.18. The van der Waals surface area contributed by atoms with Crippen LogP contribution in [-0.2, 0) is 4.79 Å². The minimum Gasteiger partial charge on any atom is -0.490 e. The SMILES string of the molecule is O=C(NCCNC(=O)c1ccc(OC2CCC(C(=O)O)CC2)cc1F)c1cc(Cl)c(Cl)s1. The first kappa shape index (κ1) is 24.3. The number of thiophene rings is 1. The second-order valence-electron chi connectivity index (χ2n) is 7.32. The van der Waals surface area contributed by atoms with Crippen molar-refractivity contribution in [1.82, 2.24) is 10.6 Å². The van der Waals surface area contributed by atoms with E-state index in [-0.39, 0.29) is 36.6 Å². The van der Waals surface area contributed by atoms with Crippen LogP contribution in [0.25, 0.3) is 0 Å². The van der Waals surface area contributed by atoms with Crippen LogP contribution in [0.1, 0.15) is 45.7 Å². The molecule has 0 radical (unpaired) electrons. The number of ether oxygens (including phenoxy) is 1. The van der Waals surface area contributed by atoms with Gasteiger partial charge in [0.2, 0.25) is 0 Å². The molecule has 11 heteroatoms. The number of rotatable bonds is 8. The van der Waals surface area contributed by atoms with Gasteiger partial charge >= 0.3 is 5.97 Å². The van der Waals surface area contributed by atoms with E-state index in [4.69, 9.17) is 33.0 Å². The number of carboxylic acids is 1. The van der Waals surface area contributed by atoms with E-state index >= 15 is 0 Å². The zero-order valence-corrected chi connectivity index (χ0v) is 19.2. The average Bonchev–Trinajstić information content (AvgIpc) is 3.10. The molecule has 1 fully saturated rings. The van der Waals surface area contributed by atoms with Gasteiger partial charge in [-0.3, -0.25) is 14.4 Å². The van der Waals surface area contributed by atoms with Crippen LogP contribution in [0, 0.1) is 11.7 Å². The molecule has 1 heterocycles. The Balaban J connectivity index is 1.44. The van der Waals surface area contributed by atoms with Crippen molar-refractivity contribution in [1.29, 1.82) is 0 Å². The lowest BCUT2D eigenvalue weighted by molar-refractivity contribution is -0.143. The number of hydrogen-bond acceptors (Lipinski definition) is 5. The number of carbonyl (C=O) groups is 3. The first-order valence-corrected chi connectivity index (χ1v) is 11.5. The number of hydrogen-bond donors (Lipinski definition) is 3. The highest BCUT2D eigenvalue weighted by Gasteiger charge is 2.27. The molecule has 3 N–H and O–H groups in total. The fourth-order valence-corrected chi connectivity index (χ4v) is 4.65. The second kappa shape index (κ2) is 11.0. The van der Waals surface area contributed by atoms with Crippen LogP contribution < -0.4 is 15.4 Å². The van der Waals surface area contributed by atoms with Crippen molar-refractivity contribution in [3.8, 4) is 5.75 Å². The van der Waals surface area contributed by atoms with Gasteiger partial charge in [-0.1, -0.05) is 23.2 Å². The van der Waals surface area contributed by atoms with Gasteiger partial charge in [-0.05, 0) is 43.9 Å². The van der Waals surface area contributed by atoms with Crippen LogP contribution in [0.15, 0.2) is 24.3 Å². The molecule has 3 rings (SSSR count). The summed E-state index contributed by atoms with van der Waals surface area (Å²) in [6.07, 6.45) is 2.02. The molecule has 0 atom stereocenters. The quantitative estimate of drug-likeness (QED) is 0.464. The Labute approximate surface area is 197 Å². The van der Waals surface area contributed by atoms with E-state index in [0.29, 0.717) is 45.7 Å². The maximum atomic E-state index is 14.4. The molecule has 0 aliphatic heterocycles. The van der Waals surface area contributed by atoms with Gasteiger partial charge in [-0.2, -0.15) is 0 Å². The van der Waals surface area contributed by atoms with Crippen LogP contribution in [-0.4, -0.2) is 42.1 Å². The Bertz CT molecular complexity index is 989.